The van der Waals surface area contributed by atoms with Crippen molar-refractivity contribution in [1.29, 1.82) is 0 Å². The average molecular weight is 325 g/mol. The second kappa shape index (κ2) is 7.36. The number of likely N-dealkylation sites (tertiary alicyclic amines) is 1. The fourth-order valence-corrected chi connectivity index (χ4v) is 3.55. The van der Waals surface area contributed by atoms with Gasteiger partial charge in [0.15, 0.2) is 0 Å². The predicted octanol–water partition coefficient (Wildman–Crippen LogP) is 4.46. The fraction of sp³-hybridized carbons (Fsp3) is 0.588. The summed E-state index contributed by atoms with van der Waals surface area (Å²) in [6.07, 6.45) is 1.63. The van der Waals surface area contributed by atoms with E-state index in [9.17, 15) is 9.18 Å². The first kappa shape index (κ1) is 17.1. The first-order valence-electron chi connectivity index (χ1n) is 7.68. The molecular weight excluding hydrogens is 301 g/mol. The Morgan fingerprint density at radius 2 is 1.95 bits per heavy atom. The number of hydrogen-bond donors (Lipinski definition) is 0. The van der Waals surface area contributed by atoms with Crippen LogP contribution in [0.3, 0.4) is 0 Å². The van der Waals surface area contributed by atoms with Crippen LogP contribution >= 0.6 is 11.8 Å². The van der Waals surface area contributed by atoms with Gasteiger partial charge in [-0.25, -0.2) is 9.18 Å². The van der Waals surface area contributed by atoms with Crippen LogP contribution in [0, 0.1) is 5.82 Å². The molecule has 0 aliphatic carbocycles. The molecule has 0 radical (unpaired) electrons. The fourth-order valence-electron chi connectivity index (χ4n) is 2.35. The number of ether oxygens (including phenoxy) is 1. The molecule has 0 saturated carbocycles. The summed E-state index contributed by atoms with van der Waals surface area (Å²) in [5, 5.41) is 0.471. The van der Waals surface area contributed by atoms with Crippen molar-refractivity contribution in [2.45, 2.75) is 50.2 Å². The number of rotatable bonds is 3. The molecule has 1 amide bonds. The molecule has 0 spiro atoms. The zero-order valence-electron chi connectivity index (χ0n) is 13.5. The first-order valence-corrected chi connectivity index (χ1v) is 8.73. The summed E-state index contributed by atoms with van der Waals surface area (Å²) in [6.45, 7) is 7.05. The number of carbonyl (C=O) groups is 1. The van der Waals surface area contributed by atoms with Gasteiger partial charge in [-0.3, -0.25) is 0 Å². The molecule has 0 N–H and O–H groups in total. The lowest BCUT2D eigenvalue weighted by molar-refractivity contribution is 0.0219. The molecule has 3 nitrogen and oxygen atoms in total. The number of piperidine rings is 1. The molecule has 1 aliphatic heterocycles. The van der Waals surface area contributed by atoms with Gasteiger partial charge in [-0.1, -0.05) is 18.2 Å². The summed E-state index contributed by atoms with van der Waals surface area (Å²) in [5.74, 6) is 0.547. The lowest BCUT2D eigenvalue weighted by atomic mass is 10.1. The van der Waals surface area contributed by atoms with Crippen LogP contribution < -0.4 is 0 Å². The minimum atomic E-state index is -0.451. The Labute approximate surface area is 136 Å². The standard InChI is InChI=1S/C17H24FNO2S/c1-17(2,3)21-16(20)19-10-8-14(9-11-19)22-12-13-6-4-5-7-15(13)18/h4-7,14H,8-12H2,1-3H3. The number of carbonyl (C=O) groups excluding carboxylic acids is 1. The predicted molar refractivity (Wildman–Crippen MR) is 88.5 cm³/mol. The van der Waals surface area contributed by atoms with Gasteiger partial charge in [0, 0.05) is 24.1 Å². The minimum absolute atomic E-state index is 0.138. The Morgan fingerprint density at radius 3 is 2.55 bits per heavy atom. The SMILES string of the molecule is CC(C)(C)OC(=O)N1CCC(SCc2ccccc2F)CC1. The molecule has 1 fully saturated rings. The van der Waals surface area contributed by atoms with Gasteiger partial charge in [-0.15, -0.1) is 0 Å². The van der Waals surface area contributed by atoms with Crippen LogP contribution in [0.5, 0.6) is 0 Å². The molecular formula is C17H24FNO2S. The topological polar surface area (TPSA) is 29.5 Å². The van der Waals surface area contributed by atoms with E-state index in [1.54, 1.807) is 22.7 Å². The van der Waals surface area contributed by atoms with Crippen molar-refractivity contribution in [2.24, 2.45) is 0 Å². The quantitative estimate of drug-likeness (QED) is 0.822. The van der Waals surface area contributed by atoms with Crippen molar-refractivity contribution in [1.82, 2.24) is 4.90 Å². The molecule has 1 heterocycles. The number of benzene rings is 1. The van der Waals surface area contributed by atoms with E-state index in [2.05, 4.69) is 0 Å². The maximum atomic E-state index is 13.6. The van der Waals surface area contributed by atoms with Gasteiger partial charge < -0.3 is 9.64 Å². The number of halogens is 1. The highest BCUT2D eigenvalue weighted by Gasteiger charge is 2.27. The lowest BCUT2D eigenvalue weighted by Crippen LogP contribution is -2.42. The highest BCUT2D eigenvalue weighted by atomic mass is 32.2. The van der Waals surface area contributed by atoms with Gasteiger partial charge in [0.25, 0.3) is 0 Å². The molecule has 0 aromatic heterocycles. The summed E-state index contributed by atoms with van der Waals surface area (Å²) < 4.78 is 19.0. The zero-order chi connectivity index (χ0) is 16.2. The van der Waals surface area contributed by atoms with E-state index in [-0.39, 0.29) is 11.9 Å². The van der Waals surface area contributed by atoms with Crippen molar-refractivity contribution in [3.63, 3.8) is 0 Å². The highest BCUT2D eigenvalue weighted by molar-refractivity contribution is 7.99. The van der Waals surface area contributed by atoms with Crippen LogP contribution in [-0.2, 0) is 10.5 Å². The van der Waals surface area contributed by atoms with Crippen LogP contribution in [0.25, 0.3) is 0 Å². The van der Waals surface area contributed by atoms with Crippen molar-refractivity contribution in [3.8, 4) is 0 Å². The van der Waals surface area contributed by atoms with E-state index in [4.69, 9.17) is 4.74 Å². The molecule has 1 aliphatic rings. The Kier molecular flexibility index (Phi) is 5.73. The molecule has 0 atom stereocenters. The van der Waals surface area contributed by atoms with Crippen LogP contribution in [0.4, 0.5) is 9.18 Å². The maximum absolute atomic E-state index is 13.6. The zero-order valence-corrected chi connectivity index (χ0v) is 14.3. The first-order chi connectivity index (χ1) is 10.3. The van der Waals surface area contributed by atoms with Crippen LogP contribution in [0.15, 0.2) is 24.3 Å². The summed E-state index contributed by atoms with van der Waals surface area (Å²) >= 11 is 1.77. The normalized spacial score (nSPS) is 16.6. The summed E-state index contributed by atoms with van der Waals surface area (Å²) in [6, 6.07) is 6.91. The average Bonchev–Trinajstić information content (AvgIpc) is 2.45. The number of thioether (sulfide) groups is 1. The van der Waals surface area contributed by atoms with Crippen molar-refractivity contribution < 1.29 is 13.9 Å². The third-order valence-corrected chi connectivity index (χ3v) is 4.95. The Hall–Kier alpha value is -1.23. The number of amides is 1. The van der Waals surface area contributed by atoms with Crippen molar-refractivity contribution >= 4 is 17.9 Å². The van der Waals surface area contributed by atoms with Gasteiger partial charge in [0.05, 0.1) is 0 Å². The largest absolute Gasteiger partial charge is 0.444 e. The van der Waals surface area contributed by atoms with Gasteiger partial charge in [-0.05, 0) is 45.2 Å². The molecule has 1 aromatic carbocycles. The van der Waals surface area contributed by atoms with Crippen molar-refractivity contribution in [3.05, 3.63) is 35.6 Å². The van der Waals surface area contributed by atoms with E-state index in [0.29, 0.717) is 24.1 Å². The highest BCUT2D eigenvalue weighted by Crippen LogP contribution is 2.28. The third kappa shape index (κ3) is 5.20. The molecule has 1 saturated heterocycles. The second-order valence-electron chi connectivity index (χ2n) is 6.57. The molecule has 0 bridgehead atoms. The third-order valence-electron chi connectivity index (χ3n) is 3.53. The van der Waals surface area contributed by atoms with Gasteiger partial charge in [0.2, 0.25) is 0 Å². The van der Waals surface area contributed by atoms with Gasteiger partial charge >= 0.3 is 6.09 Å². The number of nitrogens with zero attached hydrogens (tertiary/aromatic N) is 1. The molecule has 122 valence electrons. The maximum Gasteiger partial charge on any atom is 0.410 e. The van der Waals surface area contributed by atoms with Gasteiger partial charge in [0.1, 0.15) is 11.4 Å². The van der Waals surface area contributed by atoms with E-state index in [1.807, 2.05) is 32.9 Å². The minimum Gasteiger partial charge on any atom is -0.444 e. The molecule has 2 rings (SSSR count). The molecule has 22 heavy (non-hydrogen) atoms. The lowest BCUT2D eigenvalue weighted by Gasteiger charge is -2.33. The molecule has 0 unspecified atom stereocenters. The van der Waals surface area contributed by atoms with Crippen LogP contribution in [0.2, 0.25) is 0 Å². The number of hydrogen-bond acceptors (Lipinski definition) is 3. The second-order valence-corrected chi connectivity index (χ2v) is 7.86. The Balaban J connectivity index is 1.76. The van der Waals surface area contributed by atoms with Crippen molar-refractivity contribution in [2.75, 3.05) is 13.1 Å². The Morgan fingerprint density at radius 1 is 1.32 bits per heavy atom. The Bertz CT molecular complexity index is 508. The summed E-state index contributed by atoms with van der Waals surface area (Å²) in [5.41, 5.74) is 0.301. The van der Waals surface area contributed by atoms with E-state index >= 15 is 0 Å². The molecule has 1 aromatic rings. The van der Waals surface area contributed by atoms with E-state index in [1.165, 1.54) is 6.07 Å². The molecule has 5 heteroatoms. The smallest absolute Gasteiger partial charge is 0.410 e. The van der Waals surface area contributed by atoms with Crippen LogP contribution in [0.1, 0.15) is 39.2 Å². The summed E-state index contributed by atoms with van der Waals surface area (Å²) in [7, 11) is 0. The van der Waals surface area contributed by atoms with E-state index < -0.39 is 5.60 Å². The van der Waals surface area contributed by atoms with Gasteiger partial charge in [-0.2, -0.15) is 11.8 Å². The van der Waals surface area contributed by atoms with E-state index in [0.717, 1.165) is 18.4 Å². The monoisotopic (exact) mass is 325 g/mol. The summed E-state index contributed by atoms with van der Waals surface area (Å²) in [4.78, 5) is 13.8. The van der Waals surface area contributed by atoms with Crippen LogP contribution in [-0.4, -0.2) is 34.9 Å².